The highest BCUT2D eigenvalue weighted by atomic mass is 32.2. The molecular formula is C21H24N2O3S. The summed E-state index contributed by atoms with van der Waals surface area (Å²) in [6, 6.07) is 17.2. The van der Waals surface area contributed by atoms with E-state index >= 15 is 0 Å². The van der Waals surface area contributed by atoms with E-state index in [0.29, 0.717) is 31.0 Å². The number of nitrogens with one attached hydrogen (secondary N) is 1. The quantitative estimate of drug-likeness (QED) is 0.676. The Labute approximate surface area is 164 Å². The molecule has 5 nitrogen and oxygen atoms in total. The highest BCUT2D eigenvalue weighted by Gasteiger charge is 2.35. The Kier molecular flexibility index (Phi) is 6.90. The van der Waals surface area contributed by atoms with Gasteiger partial charge in [0.2, 0.25) is 5.91 Å². The van der Waals surface area contributed by atoms with Crippen LogP contribution in [0.2, 0.25) is 0 Å². The zero-order valence-electron chi connectivity index (χ0n) is 15.4. The summed E-state index contributed by atoms with van der Waals surface area (Å²) in [7, 11) is 1.60. The van der Waals surface area contributed by atoms with Crippen molar-refractivity contribution < 1.29 is 14.3 Å². The maximum atomic E-state index is 12.8. The van der Waals surface area contributed by atoms with E-state index < -0.39 is 6.04 Å². The molecule has 1 heterocycles. The lowest BCUT2D eigenvalue weighted by atomic mass is 10.1. The number of thioether (sulfide) groups is 1. The molecule has 0 fully saturated rings. The minimum Gasteiger partial charge on any atom is -0.383 e. The molecule has 0 saturated heterocycles. The van der Waals surface area contributed by atoms with Crippen LogP contribution in [0.15, 0.2) is 54.6 Å². The predicted octanol–water partition coefficient (Wildman–Crippen LogP) is 2.71. The smallest absolute Gasteiger partial charge is 0.255 e. The minimum atomic E-state index is -0.504. The maximum absolute atomic E-state index is 12.8. The number of hydrogen-bond acceptors (Lipinski definition) is 4. The molecule has 1 N–H and O–H groups in total. The van der Waals surface area contributed by atoms with Crippen LogP contribution in [0.3, 0.4) is 0 Å². The van der Waals surface area contributed by atoms with Gasteiger partial charge in [-0.15, -0.1) is 0 Å². The van der Waals surface area contributed by atoms with Crippen LogP contribution in [0.4, 0.5) is 0 Å². The average Bonchev–Trinajstić information content (AvgIpc) is 3.03. The molecule has 142 valence electrons. The van der Waals surface area contributed by atoms with E-state index in [0.717, 1.165) is 11.3 Å². The van der Waals surface area contributed by atoms with Crippen LogP contribution in [0.5, 0.6) is 0 Å². The van der Waals surface area contributed by atoms with Gasteiger partial charge in [-0.3, -0.25) is 9.59 Å². The fraction of sp³-hybridized carbons (Fsp3) is 0.333. The van der Waals surface area contributed by atoms with Gasteiger partial charge in [-0.25, -0.2) is 0 Å². The molecule has 0 bridgehead atoms. The Hall–Kier alpha value is -2.31. The maximum Gasteiger partial charge on any atom is 0.255 e. The fourth-order valence-corrected chi connectivity index (χ4v) is 4.19. The zero-order valence-corrected chi connectivity index (χ0v) is 16.2. The van der Waals surface area contributed by atoms with E-state index in [1.54, 1.807) is 23.8 Å². The van der Waals surface area contributed by atoms with Crippen molar-refractivity contribution >= 4 is 23.6 Å². The lowest BCUT2D eigenvalue weighted by Crippen LogP contribution is -2.49. The van der Waals surface area contributed by atoms with Gasteiger partial charge < -0.3 is 15.0 Å². The minimum absolute atomic E-state index is 0.0715. The van der Waals surface area contributed by atoms with Crippen molar-refractivity contribution in [1.82, 2.24) is 10.2 Å². The lowest BCUT2D eigenvalue weighted by molar-refractivity contribution is -0.125. The van der Waals surface area contributed by atoms with E-state index in [2.05, 4.69) is 17.4 Å². The van der Waals surface area contributed by atoms with Crippen LogP contribution in [-0.4, -0.2) is 48.8 Å². The fourth-order valence-electron chi connectivity index (χ4n) is 3.09. The molecule has 2 amide bonds. The second kappa shape index (κ2) is 9.58. The molecule has 0 saturated carbocycles. The first-order chi connectivity index (χ1) is 13.2. The van der Waals surface area contributed by atoms with E-state index in [4.69, 9.17) is 4.74 Å². The van der Waals surface area contributed by atoms with Crippen LogP contribution in [0.25, 0.3) is 0 Å². The molecule has 1 atom stereocenters. The van der Waals surface area contributed by atoms with Crippen LogP contribution >= 0.6 is 11.8 Å². The molecule has 2 aromatic carbocycles. The first kappa shape index (κ1) is 19.5. The summed E-state index contributed by atoms with van der Waals surface area (Å²) < 4.78 is 5.01. The molecule has 0 aliphatic carbocycles. The van der Waals surface area contributed by atoms with Crippen LogP contribution in [0, 0.1) is 0 Å². The van der Waals surface area contributed by atoms with Gasteiger partial charge in [0.25, 0.3) is 5.91 Å². The standard InChI is InChI=1S/C21H24N2O3S/c1-26-12-11-22-20(24)19(15-27-14-16-7-3-2-4-8-16)23-13-17-9-5-6-10-18(17)21(23)25/h2-10,19H,11-15H2,1H3,(H,22,24)/t19-/m0/s1. The average molecular weight is 385 g/mol. The predicted molar refractivity (Wildman–Crippen MR) is 108 cm³/mol. The lowest BCUT2D eigenvalue weighted by Gasteiger charge is -2.26. The van der Waals surface area contributed by atoms with Gasteiger partial charge in [-0.05, 0) is 17.2 Å². The SMILES string of the molecule is COCCNC(=O)[C@H](CSCc1ccccc1)N1Cc2ccccc2C1=O. The molecule has 1 aliphatic rings. The summed E-state index contributed by atoms with van der Waals surface area (Å²) in [4.78, 5) is 27.3. The molecule has 3 rings (SSSR count). The Morgan fingerprint density at radius 3 is 2.67 bits per heavy atom. The summed E-state index contributed by atoms with van der Waals surface area (Å²) >= 11 is 1.66. The van der Waals surface area contributed by atoms with Crippen molar-refractivity contribution in [3.05, 3.63) is 71.3 Å². The number of methoxy groups -OCH3 is 1. The number of carbonyl (C=O) groups is 2. The third kappa shape index (κ3) is 4.90. The monoisotopic (exact) mass is 384 g/mol. The van der Waals surface area contributed by atoms with Crippen LogP contribution in [0.1, 0.15) is 21.5 Å². The molecule has 0 radical (unpaired) electrons. The van der Waals surface area contributed by atoms with E-state index in [1.807, 2.05) is 42.5 Å². The molecule has 27 heavy (non-hydrogen) atoms. The van der Waals surface area contributed by atoms with Crippen LogP contribution in [-0.2, 0) is 21.8 Å². The normalized spacial score (nSPS) is 14.1. The first-order valence-corrected chi connectivity index (χ1v) is 10.1. The molecule has 6 heteroatoms. The molecule has 1 aliphatic heterocycles. The Bertz CT molecular complexity index is 782. The summed E-state index contributed by atoms with van der Waals surface area (Å²) in [6.45, 7) is 1.36. The van der Waals surface area contributed by atoms with Gasteiger partial charge in [0.05, 0.1) is 6.61 Å². The number of fused-ring (bicyclic) bond motifs is 1. The van der Waals surface area contributed by atoms with Gasteiger partial charge in [-0.1, -0.05) is 48.5 Å². The number of rotatable bonds is 9. The molecule has 0 spiro atoms. The van der Waals surface area contributed by atoms with Gasteiger partial charge in [0.15, 0.2) is 0 Å². The number of benzene rings is 2. The summed E-state index contributed by atoms with van der Waals surface area (Å²) in [6.07, 6.45) is 0. The van der Waals surface area contributed by atoms with Crippen molar-refractivity contribution in [1.29, 1.82) is 0 Å². The summed E-state index contributed by atoms with van der Waals surface area (Å²) in [5.74, 6) is 1.15. The van der Waals surface area contributed by atoms with Crippen molar-refractivity contribution in [2.75, 3.05) is 26.0 Å². The Balaban J connectivity index is 1.68. The van der Waals surface area contributed by atoms with Gasteiger partial charge in [0, 0.05) is 37.3 Å². The Morgan fingerprint density at radius 2 is 1.93 bits per heavy atom. The molecule has 0 unspecified atom stereocenters. The largest absolute Gasteiger partial charge is 0.383 e. The van der Waals surface area contributed by atoms with Crippen molar-refractivity contribution in [2.24, 2.45) is 0 Å². The van der Waals surface area contributed by atoms with E-state index in [9.17, 15) is 9.59 Å². The second-order valence-corrected chi connectivity index (χ2v) is 7.42. The van der Waals surface area contributed by atoms with E-state index in [1.165, 1.54) is 5.56 Å². The number of hydrogen-bond donors (Lipinski definition) is 1. The van der Waals surface area contributed by atoms with Gasteiger partial charge in [-0.2, -0.15) is 11.8 Å². The third-order valence-electron chi connectivity index (χ3n) is 4.52. The second-order valence-electron chi connectivity index (χ2n) is 6.39. The Morgan fingerprint density at radius 1 is 1.19 bits per heavy atom. The topological polar surface area (TPSA) is 58.6 Å². The zero-order chi connectivity index (χ0) is 19.1. The summed E-state index contributed by atoms with van der Waals surface area (Å²) in [5, 5.41) is 2.89. The molecule has 2 aromatic rings. The van der Waals surface area contributed by atoms with Crippen molar-refractivity contribution in [3.63, 3.8) is 0 Å². The third-order valence-corrected chi connectivity index (χ3v) is 5.61. The summed E-state index contributed by atoms with van der Waals surface area (Å²) in [5.41, 5.74) is 2.88. The van der Waals surface area contributed by atoms with E-state index in [-0.39, 0.29) is 11.8 Å². The molecule has 0 aromatic heterocycles. The molecular weight excluding hydrogens is 360 g/mol. The van der Waals surface area contributed by atoms with Gasteiger partial charge >= 0.3 is 0 Å². The number of carbonyl (C=O) groups excluding carboxylic acids is 2. The highest BCUT2D eigenvalue weighted by molar-refractivity contribution is 7.98. The van der Waals surface area contributed by atoms with Crippen molar-refractivity contribution in [2.45, 2.75) is 18.3 Å². The highest BCUT2D eigenvalue weighted by Crippen LogP contribution is 2.26. The number of amides is 2. The van der Waals surface area contributed by atoms with Gasteiger partial charge in [0.1, 0.15) is 6.04 Å². The number of ether oxygens (including phenoxy) is 1. The first-order valence-electron chi connectivity index (χ1n) is 8.98. The number of nitrogens with zero attached hydrogens (tertiary/aromatic N) is 1. The van der Waals surface area contributed by atoms with Crippen molar-refractivity contribution in [3.8, 4) is 0 Å². The van der Waals surface area contributed by atoms with Crippen LogP contribution < -0.4 is 5.32 Å².